The first-order valence-corrected chi connectivity index (χ1v) is 23.3. The van der Waals surface area contributed by atoms with Crippen molar-refractivity contribution >= 4 is 22.5 Å². The second-order valence-corrected chi connectivity index (χ2v) is 27.1. The summed E-state index contributed by atoms with van der Waals surface area (Å²) in [6.45, 7) is 32.8. The highest BCUT2D eigenvalue weighted by Crippen LogP contribution is 2.59. The van der Waals surface area contributed by atoms with E-state index in [9.17, 15) is 4.79 Å². The van der Waals surface area contributed by atoms with Gasteiger partial charge in [-0.05, 0) is 109 Å². The van der Waals surface area contributed by atoms with Gasteiger partial charge in [0.2, 0.25) is 0 Å². The monoisotopic (exact) mass is 657 g/mol. The van der Waals surface area contributed by atoms with E-state index >= 15 is 0 Å². The summed E-state index contributed by atoms with van der Waals surface area (Å²) in [4.78, 5) is 17.4. The Morgan fingerprint density at radius 2 is 1.62 bits per heavy atom. The minimum Gasteiger partial charge on any atom is -0.413 e. The molecule has 3 aliphatic rings. The average molecular weight is 658 g/mol. The Morgan fingerprint density at radius 1 is 1.02 bits per heavy atom. The van der Waals surface area contributed by atoms with Crippen LogP contribution in [0.4, 0.5) is 0 Å². The molecule has 6 atom stereocenters. The fraction of sp³-hybridized carbons (Fsp3) is 0.763. The molecule has 4 unspecified atom stereocenters. The Labute approximate surface area is 279 Å². The van der Waals surface area contributed by atoms with Crippen LogP contribution in [0.25, 0.3) is 0 Å². The molecule has 0 radical (unpaired) electrons. The number of hydroxylamine groups is 2. The lowest BCUT2D eigenvalue weighted by Gasteiger charge is -2.45. The van der Waals surface area contributed by atoms with Gasteiger partial charge < -0.3 is 8.85 Å². The van der Waals surface area contributed by atoms with Crippen LogP contribution >= 0.6 is 0 Å². The quantitative estimate of drug-likeness (QED) is 0.141. The zero-order chi connectivity index (χ0) is 34.2. The zero-order valence-corrected chi connectivity index (χ0v) is 33.4. The lowest BCUT2D eigenvalue weighted by atomic mass is 9.61. The highest BCUT2D eigenvalue weighted by Gasteiger charge is 2.50. The lowest BCUT2D eigenvalue weighted by molar-refractivity contribution is -0.162. The Hall–Kier alpha value is -1.26. The van der Waals surface area contributed by atoms with Crippen molar-refractivity contribution in [3.8, 4) is 0 Å². The number of carbonyl (C=O) groups excluding carboxylic acids is 1. The van der Waals surface area contributed by atoms with Gasteiger partial charge in [-0.25, -0.2) is 5.06 Å². The molecule has 7 heteroatoms. The van der Waals surface area contributed by atoms with Crippen molar-refractivity contribution in [2.45, 2.75) is 149 Å². The zero-order valence-electron chi connectivity index (χ0n) is 31.4. The number of rotatable bonds is 9. The van der Waals surface area contributed by atoms with Crippen LogP contribution in [-0.4, -0.2) is 54.0 Å². The summed E-state index contributed by atoms with van der Waals surface area (Å²) < 4.78 is 14.1. The van der Waals surface area contributed by atoms with E-state index in [-0.39, 0.29) is 33.6 Å². The van der Waals surface area contributed by atoms with E-state index in [1.165, 1.54) is 49.9 Å². The largest absolute Gasteiger partial charge is 0.413 e. The van der Waals surface area contributed by atoms with Crippen LogP contribution in [0.5, 0.6) is 0 Å². The van der Waals surface area contributed by atoms with Gasteiger partial charge in [0, 0.05) is 19.5 Å². The van der Waals surface area contributed by atoms with E-state index in [1.54, 1.807) is 18.7 Å². The van der Waals surface area contributed by atoms with Crippen molar-refractivity contribution in [3.63, 3.8) is 0 Å². The summed E-state index contributed by atoms with van der Waals surface area (Å²) in [5.74, 6) is 1.37. The third kappa shape index (κ3) is 8.62. The molecule has 0 aromatic carbocycles. The fourth-order valence-electron chi connectivity index (χ4n) is 7.47. The van der Waals surface area contributed by atoms with Crippen molar-refractivity contribution in [2.24, 2.45) is 23.2 Å². The van der Waals surface area contributed by atoms with Crippen molar-refractivity contribution < 1.29 is 18.5 Å². The molecule has 0 aromatic rings. The van der Waals surface area contributed by atoms with Crippen molar-refractivity contribution in [3.05, 3.63) is 47.6 Å². The van der Waals surface area contributed by atoms with Gasteiger partial charge in [-0.1, -0.05) is 85.8 Å². The molecule has 0 bridgehead atoms. The van der Waals surface area contributed by atoms with Gasteiger partial charge in [0.25, 0.3) is 5.91 Å². The van der Waals surface area contributed by atoms with Crippen LogP contribution in [0.1, 0.15) is 100 Å². The number of hydrogen-bond acceptors (Lipinski definition) is 4. The fourth-order valence-corrected chi connectivity index (χ4v) is 10.1. The van der Waals surface area contributed by atoms with Crippen LogP contribution < -0.4 is 0 Å². The Kier molecular flexibility index (Phi) is 11.9. The molecule has 1 amide bonds. The SMILES string of the molecule is C=C1C(=CC=C2CCC[C@@]3(C)C2CCC3[C@H](C)C=CC(=O)N(C)OC)CC(O[Si](C)(C)C(C)(C)C)CC1O[Si](C)(C)C(C)(C)C. The first-order valence-electron chi connectivity index (χ1n) is 17.5. The van der Waals surface area contributed by atoms with Gasteiger partial charge in [0.15, 0.2) is 16.6 Å². The number of amides is 1. The first kappa shape index (κ1) is 38.2. The average Bonchev–Trinajstić information content (AvgIpc) is 3.27. The predicted octanol–water partition coefficient (Wildman–Crippen LogP) is 10.4. The van der Waals surface area contributed by atoms with Gasteiger partial charge in [-0.3, -0.25) is 9.63 Å². The molecule has 256 valence electrons. The topological polar surface area (TPSA) is 48.0 Å². The molecular weight excluding hydrogens is 591 g/mol. The van der Waals surface area contributed by atoms with E-state index < -0.39 is 16.6 Å². The maximum atomic E-state index is 12.3. The summed E-state index contributed by atoms with van der Waals surface area (Å²) in [6.07, 6.45) is 16.6. The van der Waals surface area contributed by atoms with Gasteiger partial charge in [-0.15, -0.1) is 0 Å². The van der Waals surface area contributed by atoms with Gasteiger partial charge >= 0.3 is 0 Å². The predicted molar refractivity (Wildman–Crippen MR) is 195 cm³/mol. The van der Waals surface area contributed by atoms with Crippen LogP contribution in [0.2, 0.25) is 36.3 Å². The minimum absolute atomic E-state index is 0.000886. The van der Waals surface area contributed by atoms with Gasteiger partial charge in [-0.2, -0.15) is 0 Å². The molecule has 3 fully saturated rings. The summed E-state index contributed by atoms with van der Waals surface area (Å²) in [5, 5.41) is 1.57. The Balaban J connectivity index is 1.89. The maximum Gasteiger partial charge on any atom is 0.269 e. The molecule has 45 heavy (non-hydrogen) atoms. The second kappa shape index (κ2) is 14.1. The van der Waals surface area contributed by atoms with Crippen molar-refractivity contribution in [2.75, 3.05) is 14.2 Å². The lowest BCUT2D eigenvalue weighted by Crippen LogP contribution is -2.49. The number of fused-ring (bicyclic) bond motifs is 1. The van der Waals surface area contributed by atoms with E-state index in [4.69, 9.17) is 13.7 Å². The third-order valence-electron chi connectivity index (χ3n) is 12.5. The number of allylic oxidation sites excluding steroid dienone is 4. The Bertz CT molecular complexity index is 1170. The molecule has 0 heterocycles. The molecule has 5 nitrogen and oxygen atoms in total. The van der Waals surface area contributed by atoms with Crippen molar-refractivity contribution in [1.29, 1.82) is 0 Å². The normalized spacial score (nSPS) is 31.1. The summed E-state index contributed by atoms with van der Waals surface area (Å²) >= 11 is 0. The third-order valence-corrected chi connectivity index (χ3v) is 21.6. The molecule has 3 aliphatic carbocycles. The van der Waals surface area contributed by atoms with Crippen LogP contribution in [-0.2, 0) is 18.5 Å². The number of likely N-dealkylation sites (N-methyl/N-ethyl adjacent to an activating group) is 1. The van der Waals surface area contributed by atoms with Crippen LogP contribution in [0, 0.1) is 23.2 Å². The Morgan fingerprint density at radius 3 is 2.20 bits per heavy atom. The molecule has 0 aromatic heterocycles. The van der Waals surface area contributed by atoms with E-state index in [0.29, 0.717) is 17.8 Å². The van der Waals surface area contributed by atoms with Crippen LogP contribution in [0.15, 0.2) is 47.6 Å². The first-order chi connectivity index (χ1) is 20.5. The molecule has 0 saturated heterocycles. The van der Waals surface area contributed by atoms with Gasteiger partial charge in [0.1, 0.15) is 0 Å². The molecule has 3 rings (SSSR count). The van der Waals surface area contributed by atoms with Crippen molar-refractivity contribution in [1.82, 2.24) is 5.06 Å². The standard InChI is InChI=1S/C38H67NO4Si2/c1-27(18-23-35(40)39(10)41-11)32-21-22-33-29(17-16-24-38(32,33)9)19-20-30-25-31(42-44(12,13)36(3,4)5)26-34(28(30)2)43-45(14,15)37(6,7)8/h18-20,23,27,31-34H,2,16-17,21-22,24-26H2,1,3-15H3/t27-,31?,32?,33?,34?,38-/m1/s1. The summed E-state index contributed by atoms with van der Waals surface area (Å²) in [7, 11) is -0.765. The number of carbonyl (C=O) groups is 1. The molecule has 0 spiro atoms. The molecule has 0 aliphatic heterocycles. The molecule has 0 N–H and O–H groups in total. The smallest absolute Gasteiger partial charge is 0.269 e. The second-order valence-electron chi connectivity index (χ2n) is 17.6. The minimum atomic E-state index is -2.00. The highest BCUT2D eigenvalue weighted by atomic mass is 28.4. The summed E-state index contributed by atoms with van der Waals surface area (Å²) in [6, 6.07) is 0. The van der Waals surface area contributed by atoms with E-state index in [0.717, 1.165) is 18.4 Å². The molecular formula is C38H67NO4Si2. The van der Waals surface area contributed by atoms with E-state index in [2.05, 4.69) is 106 Å². The molecule has 3 saturated carbocycles. The summed E-state index contributed by atoms with van der Waals surface area (Å²) in [5.41, 5.74) is 4.29. The van der Waals surface area contributed by atoms with Crippen LogP contribution in [0.3, 0.4) is 0 Å². The number of hydrogen-bond donors (Lipinski definition) is 0. The van der Waals surface area contributed by atoms with Gasteiger partial charge in [0.05, 0.1) is 19.3 Å². The maximum absolute atomic E-state index is 12.3. The highest BCUT2D eigenvalue weighted by molar-refractivity contribution is 6.74. The number of nitrogens with zero attached hydrogens (tertiary/aromatic N) is 1. The van der Waals surface area contributed by atoms with E-state index in [1.807, 2.05) is 0 Å².